The Morgan fingerprint density at radius 3 is 2.76 bits per heavy atom. The molecule has 0 amide bonds. The van der Waals surface area contributed by atoms with Crippen LogP contribution in [0.3, 0.4) is 0 Å². The van der Waals surface area contributed by atoms with Gasteiger partial charge in [0.25, 0.3) is 0 Å². The Kier molecular flexibility index (Phi) is 5.03. The van der Waals surface area contributed by atoms with E-state index in [2.05, 4.69) is 10.3 Å². The molecular formula is C14H18F3N3S. The van der Waals surface area contributed by atoms with Gasteiger partial charge in [0, 0.05) is 18.7 Å². The maximum absolute atomic E-state index is 12.1. The van der Waals surface area contributed by atoms with Crippen LogP contribution >= 0.6 is 12.2 Å². The van der Waals surface area contributed by atoms with Crippen LogP contribution in [0.25, 0.3) is 0 Å². The van der Waals surface area contributed by atoms with Crippen molar-refractivity contribution in [3.8, 4) is 0 Å². The van der Waals surface area contributed by atoms with Gasteiger partial charge < -0.3 is 11.1 Å². The summed E-state index contributed by atoms with van der Waals surface area (Å²) in [6.07, 6.45) is -1.35. The maximum atomic E-state index is 12.1. The molecule has 0 saturated carbocycles. The fraction of sp³-hybridized carbons (Fsp3) is 0.571. The van der Waals surface area contributed by atoms with Crippen molar-refractivity contribution in [3.05, 3.63) is 22.9 Å². The predicted octanol–water partition coefficient (Wildman–Crippen LogP) is 3.35. The first-order valence-corrected chi connectivity index (χ1v) is 7.41. The lowest BCUT2D eigenvalue weighted by Crippen LogP contribution is -2.16. The quantitative estimate of drug-likeness (QED) is 0.624. The number of hydrogen-bond donors (Lipinski definition) is 2. The molecule has 1 aromatic rings. The van der Waals surface area contributed by atoms with Gasteiger partial charge in [-0.3, -0.25) is 0 Å². The van der Waals surface area contributed by atoms with Crippen molar-refractivity contribution in [1.82, 2.24) is 4.98 Å². The number of nitrogens with two attached hydrogens (primary N) is 1. The minimum Gasteiger partial charge on any atom is -0.389 e. The first kappa shape index (κ1) is 16.0. The molecule has 1 aliphatic carbocycles. The number of aryl methyl sites for hydroxylation is 2. The van der Waals surface area contributed by atoms with Crippen molar-refractivity contribution < 1.29 is 13.2 Å². The Balaban J connectivity index is 1.95. The molecule has 1 aliphatic rings. The molecule has 0 fully saturated rings. The number of rotatable bonds is 6. The van der Waals surface area contributed by atoms with Crippen molar-refractivity contribution >= 4 is 23.0 Å². The fourth-order valence-corrected chi connectivity index (χ4v) is 2.61. The number of nitrogens with zero attached hydrogens (tertiary/aromatic N) is 1. The minimum absolute atomic E-state index is 0.101. The van der Waals surface area contributed by atoms with Crippen LogP contribution in [0.1, 0.15) is 42.5 Å². The average Bonchev–Trinajstić information content (AvgIpc) is 2.82. The molecule has 2 rings (SSSR count). The highest BCUT2D eigenvalue weighted by Crippen LogP contribution is 2.26. The molecule has 0 saturated heterocycles. The summed E-state index contributed by atoms with van der Waals surface area (Å²) in [6.45, 7) is 0.428. The van der Waals surface area contributed by atoms with Crippen molar-refractivity contribution in [2.75, 3.05) is 11.9 Å². The molecule has 0 aliphatic heterocycles. The van der Waals surface area contributed by atoms with Gasteiger partial charge in [0.05, 0.1) is 5.56 Å². The van der Waals surface area contributed by atoms with E-state index in [4.69, 9.17) is 18.0 Å². The number of nitrogens with one attached hydrogen (secondary N) is 1. The Morgan fingerprint density at radius 2 is 2.10 bits per heavy atom. The molecule has 0 unspecified atom stereocenters. The fourth-order valence-electron chi connectivity index (χ4n) is 2.45. The Morgan fingerprint density at radius 1 is 1.33 bits per heavy atom. The Labute approximate surface area is 127 Å². The maximum Gasteiger partial charge on any atom is 0.389 e. The second-order valence-electron chi connectivity index (χ2n) is 5.21. The largest absolute Gasteiger partial charge is 0.389 e. The van der Waals surface area contributed by atoms with Gasteiger partial charge in [-0.25, -0.2) is 4.98 Å². The normalized spacial score (nSPS) is 14.0. The van der Waals surface area contributed by atoms with Crippen LogP contribution in [0.4, 0.5) is 19.0 Å². The van der Waals surface area contributed by atoms with E-state index in [9.17, 15) is 13.2 Å². The molecule has 1 aromatic heterocycles. The predicted molar refractivity (Wildman–Crippen MR) is 80.5 cm³/mol. The molecule has 21 heavy (non-hydrogen) atoms. The lowest BCUT2D eigenvalue weighted by atomic mass is 10.1. The second-order valence-corrected chi connectivity index (χ2v) is 5.65. The summed E-state index contributed by atoms with van der Waals surface area (Å²) in [5, 5.41) is 3.06. The van der Waals surface area contributed by atoms with E-state index in [-0.39, 0.29) is 11.4 Å². The third kappa shape index (κ3) is 4.56. The van der Waals surface area contributed by atoms with Crippen molar-refractivity contribution in [3.63, 3.8) is 0 Å². The number of thiocarbonyl (C=S) groups is 1. The average molecular weight is 317 g/mol. The molecule has 116 valence electrons. The first-order chi connectivity index (χ1) is 9.87. The smallest absolute Gasteiger partial charge is 0.389 e. The first-order valence-electron chi connectivity index (χ1n) is 7.00. The number of hydrogen-bond acceptors (Lipinski definition) is 3. The third-order valence-electron chi connectivity index (χ3n) is 3.50. The third-order valence-corrected chi connectivity index (χ3v) is 3.72. The van der Waals surface area contributed by atoms with E-state index in [1.165, 1.54) is 5.56 Å². The highest BCUT2D eigenvalue weighted by atomic mass is 32.1. The van der Waals surface area contributed by atoms with E-state index < -0.39 is 12.6 Å². The van der Waals surface area contributed by atoms with Crippen LogP contribution in [-0.2, 0) is 12.8 Å². The number of aromatic nitrogens is 1. The summed E-state index contributed by atoms with van der Waals surface area (Å²) in [7, 11) is 0. The summed E-state index contributed by atoms with van der Waals surface area (Å²) in [4.78, 5) is 4.78. The molecule has 0 radical (unpaired) electrons. The number of unbranched alkanes of at least 4 members (excludes halogenated alkanes) is 1. The van der Waals surface area contributed by atoms with Crippen LogP contribution in [0, 0.1) is 0 Å². The monoisotopic (exact) mass is 317 g/mol. The van der Waals surface area contributed by atoms with Crippen LogP contribution in [0.15, 0.2) is 6.07 Å². The van der Waals surface area contributed by atoms with Gasteiger partial charge in [-0.05, 0) is 43.7 Å². The standard InChI is InChI=1S/C14H18F3N3S/c15-14(16,17)6-1-2-7-19-13-10(12(18)21)8-9-4-3-5-11(9)20-13/h8H,1-7H2,(H2,18,21)(H,19,20). The summed E-state index contributed by atoms with van der Waals surface area (Å²) in [5.74, 6) is 0.593. The van der Waals surface area contributed by atoms with Crippen molar-refractivity contribution in [2.45, 2.75) is 44.7 Å². The van der Waals surface area contributed by atoms with E-state index in [1.807, 2.05) is 6.07 Å². The molecule has 0 atom stereocenters. The van der Waals surface area contributed by atoms with Crippen molar-refractivity contribution in [2.24, 2.45) is 5.73 Å². The van der Waals surface area contributed by atoms with E-state index in [1.54, 1.807) is 0 Å². The minimum atomic E-state index is -4.09. The molecular weight excluding hydrogens is 299 g/mol. The number of halogens is 3. The summed E-state index contributed by atoms with van der Waals surface area (Å²) in [6, 6.07) is 1.95. The van der Waals surface area contributed by atoms with Gasteiger partial charge in [0.15, 0.2) is 0 Å². The van der Waals surface area contributed by atoms with Gasteiger partial charge in [0.2, 0.25) is 0 Å². The number of anilines is 1. The zero-order valence-electron chi connectivity index (χ0n) is 11.6. The second kappa shape index (κ2) is 6.60. The zero-order valence-corrected chi connectivity index (χ0v) is 12.4. The Hall–Kier alpha value is -1.37. The topological polar surface area (TPSA) is 50.9 Å². The van der Waals surface area contributed by atoms with Gasteiger partial charge in [-0.15, -0.1) is 0 Å². The van der Waals surface area contributed by atoms with Crippen molar-refractivity contribution in [1.29, 1.82) is 0 Å². The molecule has 3 N–H and O–H groups in total. The van der Waals surface area contributed by atoms with E-state index in [0.717, 1.165) is 25.0 Å². The zero-order chi connectivity index (χ0) is 15.5. The lowest BCUT2D eigenvalue weighted by Gasteiger charge is -2.13. The van der Waals surface area contributed by atoms with Crippen LogP contribution in [0.5, 0.6) is 0 Å². The Bertz CT molecular complexity index is 529. The van der Waals surface area contributed by atoms with E-state index in [0.29, 0.717) is 24.3 Å². The van der Waals surface area contributed by atoms with Gasteiger partial charge in [0.1, 0.15) is 10.8 Å². The summed E-state index contributed by atoms with van der Waals surface area (Å²) in [5.41, 5.74) is 8.58. The number of alkyl halides is 3. The molecule has 1 heterocycles. The number of pyridine rings is 1. The molecule has 3 nitrogen and oxygen atoms in total. The van der Waals surface area contributed by atoms with Crippen LogP contribution in [0.2, 0.25) is 0 Å². The summed E-state index contributed by atoms with van der Waals surface area (Å²) >= 11 is 5.02. The summed E-state index contributed by atoms with van der Waals surface area (Å²) < 4.78 is 36.2. The van der Waals surface area contributed by atoms with Gasteiger partial charge in [-0.1, -0.05) is 12.2 Å². The highest BCUT2D eigenvalue weighted by Gasteiger charge is 2.25. The van der Waals surface area contributed by atoms with E-state index >= 15 is 0 Å². The lowest BCUT2D eigenvalue weighted by molar-refractivity contribution is -0.135. The SMILES string of the molecule is NC(=S)c1cc2c(nc1NCCCCC(F)(F)F)CCC2. The molecule has 7 heteroatoms. The number of fused-ring (bicyclic) bond motifs is 1. The molecule has 0 bridgehead atoms. The van der Waals surface area contributed by atoms with Gasteiger partial charge >= 0.3 is 6.18 Å². The van der Waals surface area contributed by atoms with Crippen LogP contribution < -0.4 is 11.1 Å². The van der Waals surface area contributed by atoms with Crippen LogP contribution in [-0.4, -0.2) is 22.7 Å². The molecule has 0 spiro atoms. The highest BCUT2D eigenvalue weighted by molar-refractivity contribution is 7.80. The van der Waals surface area contributed by atoms with Gasteiger partial charge in [-0.2, -0.15) is 13.2 Å². The molecule has 0 aromatic carbocycles.